The fourth-order valence-corrected chi connectivity index (χ4v) is 3.08. The van der Waals surface area contributed by atoms with E-state index in [1.54, 1.807) is 0 Å². The molecule has 1 atom stereocenters. The summed E-state index contributed by atoms with van der Waals surface area (Å²) >= 11 is 0. The van der Waals surface area contributed by atoms with Crippen molar-refractivity contribution in [2.75, 3.05) is 7.11 Å². The Hall–Kier alpha value is -3.08. The highest BCUT2D eigenvalue weighted by molar-refractivity contribution is 5.88. The zero-order chi connectivity index (χ0) is 18.5. The Morgan fingerprint density at radius 3 is 2.58 bits per heavy atom. The molecule has 0 spiro atoms. The van der Waals surface area contributed by atoms with E-state index in [1.165, 1.54) is 7.11 Å². The Morgan fingerprint density at radius 2 is 1.81 bits per heavy atom. The number of aryl methyl sites for hydroxylation is 1. The number of aromatic amines is 1. The van der Waals surface area contributed by atoms with Crippen LogP contribution in [0.3, 0.4) is 0 Å². The van der Waals surface area contributed by atoms with Gasteiger partial charge in [0, 0.05) is 23.5 Å². The molecule has 0 saturated carbocycles. The molecule has 0 saturated heterocycles. The monoisotopic (exact) mass is 350 g/mol. The number of methoxy groups -OCH3 is 1. The maximum absolute atomic E-state index is 12.5. The van der Waals surface area contributed by atoms with Crippen LogP contribution in [0.15, 0.2) is 54.7 Å². The van der Waals surface area contributed by atoms with Gasteiger partial charge in [-0.2, -0.15) is 0 Å². The molecule has 5 nitrogen and oxygen atoms in total. The van der Waals surface area contributed by atoms with Crippen LogP contribution < -0.4 is 5.32 Å². The van der Waals surface area contributed by atoms with Crippen LogP contribution in [0.1, 0.15) is 16.7 Å². The van der Waals surface area contributed by atoms with Crippen LogP contribution in [0.5, 0.6) is 0 Å². The van der Waals surface area contributed by atoms with Crippen molar-refractivity contribution in [3.05, 3.63) is 71.4 Å². The van der Waals surface area contributed by atoms with Crippen molar-refractivity contribution >= 4 is 22.8 Å². The molecule has 0 fully saturated rings. The van der Waals surface area contributed by atoms with E-state index in [0.29, 0.717) is 6.42 Å². The van der Waals surface area contributed by atoms with Gasteiger partial charge < -0.3 is 15.0 Å². The number of carbonyl (C=O) groups is 2. The summed E-state index contributed by atoms with van der Waals surface area (Å²) in [5.41, 5.74) is 3.96. The number of hydrogen-bond acceptors (Lipinski definition) is 3. The number of amides is 1. The van der Waals surface area contributed by atoms with Gasteiger partial charge in [0.25, 0.3) is 0 Å². The molecule has 3 aromatic rings. The Balaban J connectivity index is 1.75. The van der Waals surface area contributed by atoms with Crippen molar-refractivity contribution < 1.29 is 14.3 Å². The normalized spacial score (nSPS) is 11.9. The minimum Gasteiger partial charge on any atom is -0.467 e. The first-order chi connectivity index (χ1) is 12.6. The molecule has 1 aromatic heterocycles. The van der Waals surface area contributed by atoms with E-state index in [9.17, 15) is 9.59 Å². The number of aromatic nitrogens is 1. The molecule has 1 unspecified atom stereocenters. The first kappa shape index (κ1) is 17.7. The molecule has 134 valence electrons. The predicted molar refractivity (Wildman–Crippen MR) is 101 cm³/mol. The van der Waals surface area contributed by atoms with Crippen LogP contribution >= 0.6 is 0 Å². The fourth-order valence-electron chi connectivity index (χ4n) is 3.08. The SMILES string of the molecule is COC(=O)C(Cc1c[nH]c2ccccc12)NC(=O)Cc1ccccc1C. The molecule has 1 amide bonds. The summed E-state index contributed by atoms with van der Waals surface area (Å²) in [6.07, 6.45) is 2.47. The number of carbonyl (C=O) groups excluding carboxylic acids is 2. The summed E-state index contributed by atoms with van der Waals surface area (Å²) in [4.78, 5) is 27.8. The van der Waals surface area contributed by atoms with Gasteiger partial charge in [-0.1, -0.05) is 42.5 Å². The highest BCUT2D eigenvalue weighted by Gasteiger charge is 2.23. The molecule has 5 heteroatoms. The lowest BCUT2D eigenvalue weighted by molar-refractivity contribution is -0.145. The molecular formula is C21H22N2O3. The highest BCUT2D eigenvalue weighted by atomic mass is 16.5. The van der Waals surface area contributed by atoms with E-state index in [2.05, 4.69) is 10.3 Å². The molecule has 0 aliphatic heterocycles. The van der Waals surface area contributed by atoms with E-state index < -0.39 is 12.0 Å². The second-order valence-corrected chi connectivity index (χ2v) is 6.31. The Morgan fingerprint density at radius 1 is 1.08 bits per heavy atom. The van der Waals surface area contributed by atoms with Gasteiger partial charge in [-0.25, -0.2) is 4.79 Å². The van der Waals surface area contributed by atoms with Gasteiger partial charge in [-0.3, -0.25) is 4.79 Å². The molecule has 3 rings (SSSR count). The fraction of sp³-hybridized carbons (Fsp3) is 0.238. The standard InChI is InChI=1S/C21H22N2O3/c1-14-7-3-4-8-15(14)12-20(24)23-19(21(25)26-2)11-16-13-22-18-10-6-5-9-17(16)18/h3-10,13,19,22H,11-12H2,1-2H3,(H,23,24). The summed E-state index contributed by atoms with van der Waals surface area (Å²) in [6.45, 7) is 1.96. The van der Waals surface area contributed by atoms with Gasteiger partial charge in [0.2, 0.25) is 5.91 Å². The topological polar surface area (TPSA) is 71.2 Å². The van der Waals surface area contributed by atoms with E-state index in [1.807, 2.05) is 61.7 Å². The van der Waals surface area contributed by atoms with Crippen LogP contribution in [0.25, 0.3) is 10.9 Å². The molecular weight excluding hydrogens is 328 g/mol. The molecule has 0 aliphatic carbocycles. The summed E-state index contributed by atoms with van der Waals surface area (Å²) < 4.78 is 4.88. The molecule has 2 N–H and O–H groups in total. The maximum atomic E-state index is 12.5. The minimum atomic E-state index is -0.726. The quantitative estimate of drug-likeness (QED) is 0.672. The predicted octanol–water partition coefficient (Wildman–Crippen LogP) is 2.92. The highest BCUT2D eigenvalue weighted by Crippen LogP contribution is 2.19. The van der Waals surface area contributed by atoms with Crippen molar-refractivity contribution in [1.82, 2.24) is 10.3 Å². The second kappa shape index (κ2) is 7.87. The lowest BCUT2D eigenvalue weighted by Gasteiger charge is -2.17. The van der Waals surface area contributed by atoms with Gasteiger partial charge in [-0.05, 0) is 29.7 Å². The molecule has 0 aliphatic rings. The Bertz CT molecular complexity index is 930. The van der Waals surface area contributed by atoms with E-state index >= 15 is 0 Å². The van der Waals surface area contributed by atoms with E-state index in [-0.39, 0.29) is 12.3 Å². The van der Waals surface area contributed by atoms with Gasteiger partial charge in [0.15, 0.2) is 0 Å². The molecule has 0 radical (unpaired) electrons. The summed E-state index contributed by atoms with van der Waals surface area (Å²) in [7, 11) is 1.33. The number of rotatable bonds is 6. The molecule has 0 bridgehead atoms. The summed E-state index contributed by atoms with van der Waals surface area (Å²) in [5, 5.41) is 3.86. The maximum Gasteiger partial charge on any atom is 0.328 e. The number of fused-ring (bicyclic) bond motifs is 1. The zero-order valence-electron chi connectivity index (χ0n) is 14.9. The van der Waals surface area contributed by atoms with Gasteiger partial charge in [-0.15, -0.1) is 0 Å². The number of esters is 1. The first-order valence-electron chi connectivity index (χ1n) is 8.55. The lowest BCUT2D eigenvalue weighted by Crippen LogP contribution is -2.43. The number of hydrogen-bond donors (Lipinski definition) is 2. The number of H-pyrrole nitrogens is 1. The van der Waals surface area contributed by atoms with Crippen LogP contribution in [0.2, 0.25) is 0 Å². The third-order valence-electron chi connectivity index (χ3n) is 4.53. The van der Waals surface area contributed by atoms with Crippen molar-refractivity contribution in [3.63, 3.8) is 0 Å². The van der Waals surface area contributed by atoms with Crippen molar-refractivity contribution in [3.8, 4) is 0 Å². The number of ether oxygens (including phenoxy) is 1. The average Bonchev–Trinajstić information content (AvgIpc) is 3.05. The van der Waals surface area contributed by atoms with Crippen LogP contribution in [0.4, 0.5) is 0 Å². The number of nitrogens with one attached hydrogen (secondary N) is 2. The summed E-state index contributed by atoms with van der Waals surface area (Å²) in [6, 6.07) is 14.9. The van der Waals surface area contributed by atoms with Gasteiger partial charge in [0.05, 0.1) is 13.5 Å². The summed E-state index contributed by atoms with van der Waals surface area (Å²) in [5.74, 6) is -0.650. The zero-order valence-corrected chi connectivity index (χ0v) is 14.9. The second-order valence-electron chi connectivity index (χ2n) is 6.31. The minimum absolute atomic E-state index is 0.199. The molecule has 2 aromatic carbocycles. The number of benzene rings is 2. The largest absolute Gasteiger partial charge is 0.467 e. The van der Waals surface area contributed by atoms with Gasteiger partial charge >= 0.3 is 5.97 Å². The molecule has 1 heterocycles. The van der Waals surface area contributed by atoms with Crippen molar-refractivity contribution in [2.45, 2.75) is 25.8 Å². The van der Waals surface area contributed by atoms with Crippen LogP contribution in [-0.2, 0) is 27.2 Å². The van der Waals surface area contributed by atoms with Gasteiger partial charge in [0.1, 0.15) is 6.04 Å². The third-order valence-corrected chi connectivity index (χ3v) is 4.53. The van der Waals surface area contributed by atoms with E-state index in [0.717, 1.165) is 27.6 Å². The first-order valence-corrected chi connectivity index (χ1v) is 8.55. The van der Waals surface area contributed by atoms with Crippen LogP contribution in [0, 0.1) is 6.92 Å². The number of para-hydroxylation sites is 1. The Labute approximate surface area is 152 Å². The van der Waals surface area contributed by atoms with Crippen molar-refractivity contribution in [2.24, 2.45) is 0 Å². The van der Waals surface area contributed by atoms with Crippen LogP contribution in [-0.4, -0.2) is 30.0 Å². The Kier molecular flexibility index (Phi) is 5.37. The average molecular weight is 350 g/mol. The smallest absolute Gasteiger partial charge is 0.328 e. The van der Waals surface area contributed by atoms with Crippen molar-refractivity contribution in [1.29, 1.82) is 0 Å². The molecule has 26 heavy (non-hydrogen) atoms. The lowest BCUT2D eigenvalue weighted by atomic mass is 10.0. The third kappa shape index (κ3) is 3.94. The van der Waals surface area contributed by atoms with E-state index in [4.69, 9.17) is 4.74 Å².